The smallest absolute Gasteiger partial charge is 0.231 e. The minimum atomic E-state index is -0.374. The van der Waals surface area contributed by atoms with Gasteiger partial charge in [0.2, 0.25) is 5.91 Å². The van der Waals surface area contributed by atoms with E-state index in [-0.39, 0.29) is 17.4 Å². The third kappa shape index (κ3) is 3.16. The number of benzene rings is 1. The molecule has 0 bridgehead atoms. The molecule has 1 amide bonds. The molecule has 0 radical (unpaired) electrons. The van der Waals surface area contributed by atoms with E-state index in [9.17, 15) is 4.79 Å². The van der Waals surface area contributed by atoms with Crippen LogP contribution in [-0.4, -0.2) is 39.3 Å². The number of aromatic nitrogens is 4. The lowest BCUT2D eigenvalue weighted by atomic mass is 9.82. The number of amides is 1. The number of carbonyl (C=O) groups is 1. The van der Waals surface area contributed by atoms with E-state index in [1.54, 1.807) is 4.68 Å². The molecule has 2 aromatic rings. The molecule has 1 fully saturated rings. The van der Waals surface area contributed by atoms with Crippen LogP contribution in [0.4, 0.5) is 0 Å². The van der Waals surface area contributed by atoms with E-state index in [1.807, 2.05) is 18.2 Å². The van der Waals surface area contributed by atoms with E-state index < -0.39 is 0 Å². The Bertz CT molecular complexity index is 724. The number of fused-ring (bicyclic) bond motifs is 1. The molecule has 2 aliphatic heterocycles. The van der Waals surface area contributed by atoms with E-state index in [0.717, 1.165) is 44.2 Å². The van der Waals surface area contributed by atoms with Crippen LogP contribution < -0.4 is 5.32 Å². The molecule has 1 atom stereocenters. The quantitative estimate of drug-likeness (QED) is 0.920. The Morgan fingerprint density at radius 3 is 2.80 bits per heavy atom. The summed E-state index contributed by atoms with van der Waals surface area (Å²) >= 11 is 0. The van der Waals surface area contributed by atoms with Gasteiger partial charge in [-0.1, -0.05) is 36.8 Å². The largest absolute Gasteiger partial charge is 0.381 e. The molecule has 7 nitrogen and oxygen atoms in total. The lowest BCUT2D eigenvalue weighted by Crippen LogP contribution is -2.51. The molecule has 1 aromatic heterocycles. The van der Waals surface area contributed by atoms with E-state index >= 15 is 0 Å². The van der Waals surface area contributed by atoms with Crippen molar-refractivity contribution in [3.8, 4) is 0 Å². The van der Waals surface area contributed by atoms with Crippen LogP contribution in [0, 0.1) is 0 Å². The molecule has 0 aliphatic carbocycles. The summed E-state index contributed by atoms with van der Waals surface area (Å²) in [6.07, 6.45) is 4.33. The highest BCUT2D eigenvalue weighted by Gasteiger charge is 2.39. The standard InChI is InChI=1S/C18H23N5O2/c24-17(15-8-4-5-11-23-16(15)20-21-22-23)19-18(9-12-25-13-10-18)14-6-2-1-3-7-14/h1-3,6-7,15H,4-5,8-13H2,(H,19,24). The van der Waals surface area contributed by atoms with Crippen LogP contribution in [-0.2, 0) is 21.6 Å². The van der Waals surface area contributed by atoms with Crippen molar-refractivity contribution < 1.29 is 9.53 Å². The van der Waals surface area contributed by atoms with E-state index in [2.05, 4.69) is 33.0 Å². The molecule has 25 heavy (non-hydrogen) atoms. The SMILES string of the molecule is O=C(NC1(c2ccccc2)CCOCC1)C1CCCCn2nnnc21. The second kappa shape index (κ2) is 6.92. The van der Waals surface area contributed by atoms with Crippen molar-refractivity contribution >= 4 is 5.91 Å². The number of tetrazole rings is 1. The van der Waals surface area contributed by atoms with Crippen molar-refractivity contribution in [2.75, 3.05) is 13.2 Å². The zero-order valence-electron chi connectivity index (χ0n) is 14.2. The molecule has 132 valence electrons. The number of aryl methyl sites for hydroxylation is 1. The fraction of sp³-hybridized carbons (Fsp3) is 0.556. The first-order chi connectivity index (χ1) is 12.3. The second-order valence-corrected chi connectivity index (χ2v) is 6.86. The Morgan fingerprint density at radius 1 is 1.20 bits per heavy atom. The van der Waals surface area contributed by atoms with Gasteiger partial charge in [-0.25, -0.2) is 4.68 Å². The first kappa shape index (κ1) is 16.2. The number of carbonyl (C=O) groups excluding carboxylic acids is 1. The Hall–Kier alpha value is -2.28. The summed E-state index contributed by atoms with van der Waals surface area (Å²) in [6.45, 7) is 2.08. The highest BCUT2D eigenvalue weighted by Crippen LogP contribution is 2.34. The molecular formula is C18H23N5O2. The van der Waals surface area contributed by atoms with Crippen LogP contribution >= 0.6 is 0 Å². The second-order valence-electron chi connectivity index (χ2n) is 6.86. The number of hydrogen-bond acceptors (Lipinski definition) is 5. The third-order valence-corrected chi connectivity index (χ3v) is 5.34. The molecule has 1 saturated heterocycles. The molecule has 2 aliphatic rings. The normalized spacial score (nSPS) is 22.6. The van der Waals surface area contributed by atoms with Crippen LogP contribution in [0.15, 0.2) is 30.3 Å². The van der Waals surface area contributed by atoms with Crippen LogP contribution in [0.25, 0.3) is 0 Å². The lowest BCUT2D eigenvalue weighted by molar-refractivity contribution is -0.126. The number of nitrogens with zero attached hydrogens (tertiary/aromatic N) is 4. The third-order valence-electron chi connectivity index (χ3n) is 5.34. The van der Waals surface area contributed by atoms with Crippen molar-refractivity contribution in [1.82, 2.24) is 25.5 Å². The van der Waals surface area contributed by atoms with Gasteiger partial charge in [-0.05, 0) is 41.7 Å². The van der Waals surface area contributed by atoms with Crippen molar-refractivity contribution in [3.05, 3.63) is 41.7 Å². The average molecular weight is 341 g/mol. The topological polar surface area (TPSA) is 81.9 Å². The van der Waals surface area contributed by atoms with Crippen molar-refractivity contribution in [2.45, 2.75) is 50.1 Å². The lowest BCUT2D eigenvalue weighted by Gasteiger charge is -2.39. The van der Waals surface area contributed by atoms with Gasteiger partial charge in [0, 0.05) is 19.8 Å². The summed E-state index contributed by atoms with van der Waals surface area (Å²) < 4.78 is 7.32. The Balaban J connectivity index is 1.61. The van der Waals surface area contributed by atoms with Gasteiger partial charge < -0.3 is 10.1 Å². The summed E-state index contributed by atoms with van der Waals surface area (Å²) in [7, 11) is 0. The van der Waals surface area contributed by atoms with Crippen LogP contribution in [0.2, 0.25) is 0 Å². The van der Waals surface area contributed by atoms with Gasteiger partial charge >= 0.3 is 0 Å². The highest BCUT2D eigenvalue weighted by atomic mass is 16.5. The van der Waals surface area contributed by atoms with Crippen LogP contribution in [0.1, 0.15) is 49.4 Å². The van der Waals surface area contributed by atoms with E-state index in [4.69, 9.17) is 4.74 Å². The number of nitrogens with one attached hydrogen (secondary N) is 1. The monoisotopic (exact) mass is 341 g/mol. The fourth-order valence-electron chi connectivity index (χ4n) is 3.89. The summed E-state index contributed by atoms with van der Waals surface area (Å²) in [6, 6.07) is 10.2. The Morgan fingerprint density at radius 2 is 2.00 bits per heavy atom. The summed E-state index contributed by atoms with van der Waals surface area (Å²) in [5.41, 5.74) is 0.765. The summed E-state index contributed by atoms with van der Waals surface area (Å²) in [5.74, 6) is 0.412. The van der Waals surface area contributed by atoms with Crippen LogP contribution in [0.3, 0.4) is 0 Å². The molecule has 4 rings (SSSR count). The molecule has 0 spiro atoms. The summed E-state index contributed by atoms with van der Waals surface area (Å²) in [5, 5.41) is 15.3. The van der Waals surface area contributed by atoms with Gasteiger partial charge in [0.25, 0.3) is 0 Å². The van der Waals surface area contributed by atoms with Gasteiger partial charge in [0.1, 0.15) is 0 Å². The highest BCUT2D eigenvalue weighted by molar-refractivity contribution is 5.83. The maximum absolute atomic E-state index is 13.2. The van der Waals surface area contributed by atoms with E-state index in [1.165, 1.54) is 0 Å². The minimum absolute atomic E-state index is 0.0173. The zero-order valence-corrected chi connectivity index (χ0v) is 14.2. The van der Waals surface area contributed by atoms with Crippen molar-refractivity contribution in [2.24, 2.45) is 0 Å². The van der Waals surface area contributed by atoms with Crippen LogP contribution in [0.5, 0.6) is 0 Å². The molecule has 0 saturated carbocycles. The number of hydrogen-bond donors (Lipinski definition) is 1. The summed E-state index contributed by atoms with van der Waals surface area (Å²) in [4.78, 5) is 13.2. The Kier molecular flexibility index (Phi) is 4.48. The first-order valence-corrected chi connectivity index (χ1v) is 9.00. The molecule has 3 heterocycles. The maximum Gasteiger partial charge on any atom is 0.231 e. The van der Waals surface area contributed by atoms with Gasteiger partial charge in [-0.15, -0.1) is 5.10 Å². The molecular weight excluding hydrogens is 318 g/mol. The first-order valence-electron chi connectivity index (χ1n) is 9.00. The van der Waals surface area contributed by atoms with Crippen molar-refractivity contribution in [3.63, 3.8) is 0 Å². The Labute approximate surface area is 146 Å². The minimum Gasteiger partial charge on any atom is -0.381 e. The van der Waals surface area contributed by atoms with E-state index in [0.29, 0.717) is 19.0 Å². The van der Waals surface area contributed by atoms with Gasteiger partial charge in [0.15, 0.2) is 5.82 Å². The zero-order chi connectivity index (χ0) is 17.1. The fourth-order valence-corrected chi connectivity index (χ4v) is 3.89. The molecule has 1 unspecified atom stereocenters. The molecule has 1 N–H and O–H groups in total. The van der Waals surface area contributed by atoms with Gasteiger partial charge in [0.05, 0.1) is 11.5 Å². The predicted octanol–water partition coefficient (Wildman–Crippen LogP) is 1.76. The average Bonchev–Trinajstić information content (AvgIpc) is 3.02. The predicted molar refractivity (Wildman–Crippen MR) is 90.7 cm³/mol. The van der Waals surface area contributed by atoms with Gasteiger partial charge in [-0.2, -0.15) is 0 Å². The molecule has 7 heteroatoms. The maximum atomic E-state index is 13.2. The van der Waals surface area contributed by atoms with Crippen molar-refractivity contribution in [1.29, 1.82) is 0 Å². The van der Waals surface area contributed by atoms with Gasteiger partial charge in [-0.3, -0.25) is 4.79 Å². The number of ether oxygens (including phenoxy) is 1. The number of rotatable bonds is 3. The molecule has 1 aromatic carbocycles.